The van der Waals surface area contributed by atoms with E-state index in [1.54, 1.807) is 25.1 Å². The first-order chi connectivity index (χ1) is 9.49. The van der Waals surface area contributed by atoms with Crippen molar-refractivity contribution in [3.63, 3.8) is 0 Å². The molecule has 5 heteroatoms. The number of aliphatic carboxylic acids is 1. The quantitative estimate of drug-likeness (QED) is 0.884. The minimum atomic E-state index is -0.867. The number of piperidine rings is 1. The van der Waals surface area contributed by atoms with Gasteiger partial charge in [0.15, 0.2) is 11.5 Å². The molecular weight excluding hydrogens is 258 g/mol. The van der Waals surface area contributed by atoms with Gasteiger partial charge >= 0.3 is 5.97 Å². The van der Waals surface area contributed by atoms with E-state index in [9.17, 15) is 15.0 Å². The zero-order chi connectivity index (χ0) is 14.8. The molecule has 1 aromatic rings. The van der Waals surface area contributed by atoms with Crippen molar-refractivity contribution in [3.8, 4) is 11.5 Å². The SMILES string of the molecule is COc1cccc(CN2CCCCC2(C)C(=O)O)c1O. The van der Waals surface area contributed by atoms with E-state index in [4.69, 9.17) is 4.74 Å². The van der Waals surface area contributed by atoms with Crippen molar-refractivity contribution >= 4 is 5.97 Å². The van der Waals surface area contributed by atoms with Crippen LogP contribution in [-0.4, -0.2) is 40.3 Å². The number of carboxylic acids is 1. The molecule has 5 nitrogen and oxygen atoms in total. The number of carboxylic acid groups (broad SMARTS) is 1. The normalized spacial score (nSPS) is 23.5. The third kappa shape index (κ3) is 2.58. The summed E-state index contributed by atoms with van der Waals surface area (Å²) >= 11 is 0. The molecule has 110 valence electrons. The number of hydrogen-bond acceptors (Lipinski definition) is 4. The van der Waals surface area contributed by atoms with Crippen LogP contribution < -0.4 is 4.74 Å². The number of ether oxygens (including phenoxy) is 1. The minimum Gasteiger partial charge on any atom is -0.504 e. The number of carbonyl (C=O) groups is 1. The lowest BCUT2D eigenvalue weighted by Gasteiger charge is -2.41. The number of para-hydroxylation sites is 1. The Bertz CT molecular complexity index is 503. The van der Waals surface area contributed by atoms with Crippen molar-refractivity contribution < 1.29 is 19.7 Å². The summed E-state index contributed by atoms with van der Waals surface area (Å²) in [6.07, 6.45) is 2.53. The van der Waals surface area contributed by atoms with Crippen LogP contribution >= 0.6 is 0 Å². The Balaban J connectivity index is 2.26. The molecule has 1 heterocycles. The summed E-state index contributed by atoms with van der Waals surface area (Å²) in [6.45, 7) is 2.89. The van der Waals surface area contributed by atoms with E-state index in [2.05, 4.69) is 0 Å². The number of rotatable bonds is 4. The van der Waals surface area contributed by atoms with Gasteiger partial charge in [0.05, 0.1) is 7.11 Å². The summed E-state index contributed by atoms with van der Waals surface area (Å²) in [4.78, 5) is 13.5. The average Bonchev–Trinajstić information content (AvgIpc) is 2.43. The molecule has 0 aliphatic carbocycles. The summed E-state index contributed by atoms with van der Waals surface area (Å²) < 4.78 is 5.09. The van der Waals surface area contributed by atoms with E-state index in [1.165, 1.54) is 7.11 Å². The van der Waals surface area contributed by atoms with Crippen molar-refractivity contribution in [3.05, 3.63) is 23.8 Å². The second-order valence-electron chi connectivity index (χ2n) is 5.43. The third-order valence-electron chi connectivity index (χ3n) is 4.16. The molecule has 1 aliphatic rings. The van der Waals surface area contributed by atoms with Crippen molar-refractivity contribution in [1.82, 2.24) is 4.90 Å². The van der Waals surface area contributed by atoms with Gasteiger partial charge in [-0.05, 0) is 38.8 Å². The van der Waals surface area contributed by atoms with Gasteiger partial charge in [-0.1, -0.05) is 12.1 Å². The molecule has 1 unspecified atom stereocenters. The van der Waals surface area contributed by atoms with E-state index in [0.717, 1.165) is 19.4 Å². The molecule has 1 saturated heterocycles. The van der Waals surface area contributed by atoms with Crippen LogP contribution in [0.3, 0.4) is 0 Å². The second kappa shape index (κ2) is 5.71. The number of phenolic OH excluding ortho intramolecular Hbond substituents is 1. The van der Waals surface area contributed by atoms with Crippen molar-refractivity contribution in [2.75, 3.05) is 13.7 Å². The first-order valence-corrected chi connectivity index (χ1v) is 6.82. The summed E-state index contributed by atoms with van der Waals surface area (Å²) in [5.41, 5.74) is -0.174. The maximum Gasteiger partial charge on any atom is 0.323 e. The lowest BCUT2D eigenvalue weighted by Crippen LogP contribution is -2.54. The molecule has 1 aromatic carbocycles. The summed E-state index contributed by atoms with van der Waals surface area (Å²) in [6, 6.07) is 5.29. The van der Waals surface area contributed by atoms with Crippen LogP contribution in [0.1, 0.15) is 31.7 Å². The van der Waals surface area contributed by atoms with Crippen LogP contribution in [0.4, 0.5) is 0 Å². The number of likely N-dealkylation sites (tertiary alicyclic amines) is 1. The zero-order valence-electron chi connectivity index (χ0n) is 11.9. The number of phenols is 1. The second-order valence-corrected chi connectivity index (χ2v) is 5.43. The average molecular weight is 279 g/mol. The number of aromatic hydroxyl groups is 1. The molecule has 0 saturated carbocycles. The van der Waals surface area contributed by atoms with E-state index in [0.29, 0.717) is 24.3 Å². The van der Waals surface area contributed by atoms with Crippen LogP contribution in [-0.2, 0) is 11.3 Å². The van der Waals surface area contributed by atoms with Crippen molar-refractivity contribution in [2.45, 2.75) is 38.3 Å². The van der Waals surface area contributed by atoms with Gasteiger partial charge in [0.1, 0.15) is 5.54 Å². The largest absolute Gasteiger partial charge is 0.504 e. The smallest absolute Gasteiger partial charge is 0.323 e. The predicted octanol–water partition coefficient (Wildman–Crippen LogP) is 2.23. The van der Waals surface area contributed by atoms with Crippen LogP contribution in [0, 0.1) is 0 Å². The van der Waals surface area contributed by atoms with Gasteiger partial charge in [0.2, 0.25) is 0 Å². The van der Waals surface area contributed by atoms with Gasteiger partial charge in [0, 0.05) is 12.1 Å². The Morgan fingerprint density at radius 3 is 2.85 bits per heavy atom. The van der Waals surface area contributed by atoms with Gasteiger partial charge in [-0.3, -0.25) is 9.69 Å². The van der Waals surface area contributed by atoms with E-state index < -0.39 is 11.5 Å². The highest BCUT2D eigenvalue weighted by Gasteiger charge is 2.41. The summed E-state index contributed by atoms with van der Waals surface area (Å²) in [5, 5.41) is 19.6. The molecule has 1 atom stereocenters. The van der Waals surface area contributed by atoms with Gasteiger partial charge in [-0.25, -0.2) is 0 Å². The number of nitrogens with zero attached hydrogens (tertiary/aromatic N) is 1. The molecule has 2 N–H and O–H groups in total. The van der Waals surface area contributed by atoms with Crippen LogP contribution in [0.25, 0.3) is 0 Å². The van der Waals surface area contributed by atoms with Gasteiger partial charge in [-0.2, -0.15) is 0 Å². The van der Waals surface area contributed by atoms with Gasteiger partial charge in [-0.15, -0.1) is 0 Å². The lowest BCUT2D eigenvalue weighted by atomic mass is 9.88. The first kappa shape index (κ1) is 14.7. The highest BCUT2D eigenvalue weighted by molar-refractivity contribution is 5.78. The highest BCUT2D eigenvalue weighted by Crippen LogP contribution is 2.34. The molecule has 2 rings (SSSR count). The number of methoxy groups -OCH3 is 1. The number of benzene rings is 1. The molecule has 0 radical (unpaired) electrons. The Hall–Kier alpha value is -1.75. The Kier molecular flexibility index (Phi) is 4.18. The first-order valence-electron chi connectivity index (χ1n) is 6.82. The molecular formula is C15H21NO4. The molecule has 0 bridgehead atoms. The molecule has 0 aromatic heterocycles. The van der Waals surface area contributed by atoms with Crippen molar-refractivity contribution in [2.24, 2.45) is 0 Å². The third-order valence-corrected chi connectivity index (χ3v) is 4.16. The van der Waals surface area contributed by atoms with E-state index >= 15 is 0 Å². The molecule has 20 heavy (non-hydrogen) atoms. The fourth-order valence-electron chi connectivity index (χ4n) is 2.74. The van der Waals surface area contributed by atoms with Crippen molar-refractivity contribution in [1.29, 1.82) is 0 Å². The molecule has 1 fully saturated rings. The van der Waals surface area contributed by atoms with Crippen LogP contribution in [0.5, 0.6) is 11.5 Å². The highest BCUT2D eigenvalue weighted by atomic mass is 16.5. The standard InChI is InChI=1S/C15H21NO4/c1-15(14(18)19)8-3-4-9-16(15)10-11-6-5-7-12(20-2)13(11)17/h5-7,17H,3-4,8-10H2,1-2H3,(H,18,19). The Morgan fingerprint density at radius 1 is 1.45 bits per heavy atom. The Labute approximate surface area is 118 Å². The van der Waals surface area contributed by atoms with Crippen LogP contribution in [0.15, 0.2) is 18.2 Å². The maximum absolute atomic E-state index is 11.6. The fraction of sp³-hybridized carbons (Fsp3) is 0.533. The topological polar surface area (TPSA) is 70.0 Å². The van der Waals surface area contributed by atoms with Crippen LogP contribution in [0.2, 0.25) is 0 Å². The summed E-state index contributed by atoms with van der Waals surface area (Å²) in [5.74, 6) is -0.301. The van der Waals surface area contributed by atoms with Gasteiger partial charge < -0.3 is 14.9 Å². The summed E-state index contributed by atoms with van der Waals surface area (Å²) in [7, 11) is 1.50. The monoisotopic (exact) mass is 279 g/mol. The zero-order valence-corrected chi connectivity index (χ0v) is 11.9. The predicted molar refractivity (Wildman–Crippen MR) is 75.0 cm³/mol. The lowest BCUT2D eigenvalue weighted by molar-refractivity contribution is -0.153. The molecule has 1 aliphatic heterocycles. The molecule has 0 amide bonds. The minimum absolute atomic E-state index is 0.0910. The van der Waals surface area contributed by atoms with Gasteiger partial charge in [0.25, 0.3) is 0 Å². The number of hydrogen-bond donors (Lipinski definition) is 2. The maximum atomic E-state index is 11.6. The fourth-order valence-corrected chi connectivity index (χ4v) is 2.74. The van der Waals surface area contributed by atoms with E-state index in [-0.39, 0.29) is 5.75 Å². The Morgan fingerprint density at radius 2 is 2.20 bits per heavy atom. The molecule has 0 spiro atoms. The van der Waals surface area contributed by atoms with E-state index in [1.807, 2.05) is 4.90 Å².